The van der Waals surface area contributed by atoms with E-state index in [1.165, 1.54) is 0 Å². The van der Waals surface area contributed by atoms with Crippen LogP contribution in [0.5, 0.6) is 0 Å². The first-order valence-corrected chi connectivity index (χ1v) is 5.36. The number of anilines is 1. The van der Waals surface area contributed by atoms with Crippen molar-refractivity contribution in [3.05, 3.63) is 34.9 Å². The average molecular weight is 262 g/mol. The van der Waals surface area contributed by atoms with E-state index < -0.39 is 0 Å². The number of hydrogen-bond donors (Lipinski definition) is 2. The number of H-pyrrole nitrogens is 1. The molecule has 3 nitrogen and oxygen atoms in total. The Morgan fingerprint density at radius 2 is 2.13 bits per heavy atom. The zero-order valence-electron chi connectivity index (χ0n) is 7.79. The number of halogens is 1. The lowest BCUT2D eigenvalue weighted by molar-refractivity contribution is 1.35. The maximum Gasteiger partial charge on any atom is 0.124 e. The van der Waals surface area contributed by atoms with E-state index >= 15 is 0 Å². The van der Waals surface area contributed by atoms with Crippen LogP contribution in [0.3, 0.4) is 0 Å². The molecule has 15 heavy (non-hydrogen) atoms. The summed E-state index contributed by atoms with van der Waals surface area (Å²) < 4.78 is 1.07. The maximum absolute atomic E-state index is 5.68. The van der Waals surface area contributed by atoms with Gasteiger partial charge in [-0.15, -0.1) is 0 Å². The summed E-state index contributed by atoms with van der Waals surface area (Å²) in [6.45, 7) is 0. The Balaban J connectivity index is 2.61. The van der Waals surface area contributed by atoms with Crippen LogP contribution in [0.2, 0.25) is 0 Å². The molecule has 3 aromatic rings. The summed E-state index contributed by atoms with van der Waals surface area (Å²) in [4.78, 5) is 7.36. The molecule has 1 aromatic carbocycles. The van der Waals surface area contributed by atoms with Gasteiger partial charge in [0.15, 0.2) is 0 Å². The lowest BCUT2D eigenvalue weighted by Gasteiger charge is -1.95. The Bertz CT molecular complexity index is 657. The zero-order valence-corrected chi connectivity index (χ0v) is 9.38. The van der Waals surface area contributed by atoms with Crippen molar-refractivity contribution >= 4 is 43.6 Å². The first-order valence-electron chi connectivity index (χ1n) is 4.57. The van der Waals surface area contributed by atoms with Gasteiger partial charge in [0.05, 0.1) is 11.7 Å². The Hall–Kier alpha value is -1.55. The molecule has 4 heteroatoms. The van der Waals surface area contributed by atoms with Gasteiger partial charge in [0.25, 0.3) is 0 Å². The average Bonchev–Trinajstić information content (AvgIpc) is 2.57. The smallest absolute Gasteiger partial charge is 0.124 e. The van der Waals surface area contributed by atoms with Crippen molar-refractivity contribution in [2.45, 2.75) is 0 Å². The van der Waals surface area contributed by atoms with Crippen molar-refractivity contribution in [2.24, 2.45) is 0 Å². The summed E-state index contributed by atoms with van der Waals surface area (Å²) in [5.41, 5.74) is 7.78. The number of pyridine rings is 1. The third-order valence-corrected chi connectivity index (χ3v) is 3.14. The number of nitrogens with zero attached hydrogens (tertiary/aromatic N) is 1. The van der Waals surface area contributed by atoms with Crippen molar-refractivity contribution in [2.75, 3.05) is 5.73 Å². The summed E-state index contributed by atoms with van der Waals surface area (Å²) in [6, 6.07) is 7.94. The molecule has 74 valence electrons. The molecule has 2 heterocycles. The molecule has 0 radical (unpaired) electrons. The van der Waals surface area contributed by atoms with Gasteiger partial charge < -0.3 is 10.7 Å². The van der Waals surface area contributed by atoms with Crippen LogP contribution in [-0.2, 0) is 0 Å². The van der Waals surface area contributed by atoms with Crippen LogP contribution in [0.25, 0.3) is 21.8 Å². The van der Waals surface area contributed by atoms with Crippen LogP contribution < -0.4 is 5.73 Å². The number of nitrogens with one attached hydrogen (secondary N) is 1. The summed E-state index contributed by atoms with van der Waals surface area (Å²) in [5.74, 6) is 0.541. The van der Waals surface area contributed by atoms with Crippen LogP contribution >= 0.6 is 15.9 Å². The van der Waals surface area contributed by atoms with E-state index in [4.69, 9.17) is 5.73 Å². The van der Waals surface area contributed by atoms with Crippen LogP contribution in [0.15, 0.2) is 34.9 Å². The summed E-state index contributed by atoms with van der Waals surface area (Å²) in [7, 11) is 0. The van der Waals surface area contributed by atoms with E-state index in [1.54, 1.807) is 6.20 Å². The molecule has 0 spiro atoms. The minimum atomic E-state index is 0.541. The molecule has 0 aliphatic heterocycles. The predicted molar refractivity (Wildman–Crippen MR) is 65.7 cm³/mol. The first kappa shape index (κ1) is 8.73. The molecular weight excluding hydrogens is 254 g/mol. The van der Waals surface area contributed by atoms with Gasteiger partial charge in [-0.25, -0.2) is 4.98 Å². The number of aromatic amines is 1. The second-order valence-corrected chi connectivity index (χ2v) is 4.30. The molecule has 0 amide bonds. The summed E-state index contributed by atoms with van der Waals surface area (Å²) >= 11 is 3.54. The summed E-state index contributed by atoms with van der Waals surface area (Å²) in [5, 5.41) is 2.26. The lowest BCUT2D eigenvalue weighted by Crippen LogP contribution is -1.87. The van der Waals surface area contributed by atoms with Gasteiger partial charge >= 0.3 is 0 Å². The Labute approximate surface area is 94.4 Å². The molecule has 0 aliphatic carbocycles. The van der Waals surface area contributed by atoms with Gasteiger partial charge in [0.2, 0.25) is 0 Å². The van der Waals surface area contributed by atoms with Gasteiger partial charge in [0, 0.05) is 20.8 Å². The number of benzene rings is 1. The Morgan fingerprint density at radius 1 is 1.27 bits per heavy atom. The molecule has 0 unspecified atom stereocenters. The first-order chi connectivity index (χ1) is 7.25. The Kier molecular flexibility index (Phi) is 1.73. The van der Waals surface area contributed by atoms with E-state index in [0.717, 1.165) is 26.3 Å². The van der Waals surface area contributed by atoms with Crippen LogP contribution in [0.1, 0.15) is 0 Å². The van der Waals surface area contributed by atoms with E-state index in [-0.39, 0.29) is 0 Å². The highest BCUT2D eigenvalue weighted by Crippen LogP contribution is 2.31. The quantitative estimate of drug-likeness (QED) is 0.654. The number of nitrogen functional groups attached to an aromatic ring is 1. The fourth-order valence-electron chi connectivity index (χ4n) is 1.83. The fourth-order valence-corrected chi connectivity index (χ4v) is 2.40. The van der Waals surface area contributed by atoms with Crippen molar-refractivity contribution in [1.82, 2.24) is 9.97 Å². The van der Waals surface area contributed by atoms with Gasteiger partial charge in [-0.1, -0.05) is 22.0 Å². The van der Waals surface area contributed by atoms with Crippen LogP contribution in [-0.4, -0.2) is 9.97 Å². The van der Waals surface area contributed by atoms with Gasteiger partial charge in [-0.3, -0.25) is 0 Å². The highest BCUT2D eigenvalue weighted by molar-refractivity contribution is 9.10. The molecule has 0 saturated carbocycles. The Morgan fingerprint density at radius 3 is 3.00 bits per heavy atom. The largest absolute Gasteiger partial charge is 0.384 e. The molecular formula is C11H8BrN3. The number of aromatic nitrogens is 2. The second kappa shape index (κ2) is 2.97. The van der Waals surface area contributed by atoms with Crippen LogP contribution in [0, 0.1) is 0 Å². The van der Waals surface area contributed by atoms with Crippen molar-refractivity contribution in [3.8, 4) is 0 Å². The van der Waals surface area contributed by atoms with E-state index in [2.05, 4.69) is 25.9 Å². The molecule has 0 atom stereocenters. The normalized spacial score (nSPS) is 11.3. The number of fused-ring (bicyclic) bond motifs is 3. The van der Waals surface area contributed by atoms with Crippen molar-refractivity contribution < 1.29 is 0 Å². The van der Waals surface area contributed by atoms with Crippen molar-refractivity contribution in [3.63, 3.8) is 0 Å². The number of nitrogens with two attached hydrogens (primary N) is 1. The molecule has 3 N–H and O–H groups in total. The lowest BCUT2D eigenvalue weighted by atomic mass is 10.2. The number of rotatable bonds is 0. The highest BCUT2D eigenvalue weighted by Gasteiger charge is 2.07. The van der Waals surface area contributed by atoms with E-state index in [1.807, 2.05) is 24.3 Å². The molecule has 0 saturated heterocycles. The fraction of sp³-hybridized carbons (Fsp3) is 0. The van der Waals surface area contributed by atoms with Gasteiger partial charge in [0.1, 0.15) is 5.82 Å². The molecule has 0 bridgehead atoms. The number of hydrogen-bond acceptors (Lipinski definition) is 2. The maximum atomic E-state index is 5.68. The topological polar surface area (TPSA) is 54.7 Å². The van der Waals surface area contributed by atoms with Crippen molar-refractivity contribution in [1.29, 1.82) is 0 Å². The standard InChI is InChI=1S/C11H8BrN3/c12-7-2-1-3-8-11(7)6-4-10(13)14-5-9(6)15-8/h1-5,15H,(H2,13,14). The van der Waals surface area contributed by atoms with Gasteiger partial charge in [-0.05, 0) is 18.2 Å². The molecule has 2 aromatic heterocycles. The van der Waals surface area contributed by atoms with E-state index in [0.29, 0.717) is 5.82 Å². The molecule has 0 fully saturated rings. The highest BCUT2D eigenvalue weighted by atomic mass is 79.9. The third-order valence-electron chi connectivity index (χ3n) is 2.48. The minimum Gasteiger partial charge on any atom is -0.384 e. The monoisotopic (exact) mass is 261 g/mol. The summed E-state index contributed by atoms with van der Waals surface area (Å²) in [6.07, 6.45) is 1.76. The minimum absolute atomic E-state index is 0.541. The predicted octanol–water partition coefficient (Wildman–Crippen LogP) is 3.06. The second-order valence-electron chi connectivity index (χ2n) is 3.44. The zero-order chi connectivity index (χ0) is 10.4. The molecule has 3 rings (SSSR count). The third kappa shape index (κ3) is 1.22. The van der Waals surface area contributed by atoms with Crippen LogP contribution in [0.4, 0.5) is 5.82 Å². The van der Waals surface area contributed by atoms with Gasteiger partial charge in [-0.2, -0.15) is 0 Å². The van der Waals surface area contributed by atoms with E-state index in [9.17, 15) is 0 Å². The SMILES string of the molecule is Nc1cc2c(cn1)[nH]c1cccc(Br)c12. The molecule has 0 aliphatic rings.